The summed E-state index contributed by atoms with van der Waals surface area (Å²) < 4.78 is 0.910. The van der Waals surface area contributed by atoms with Gasteiger partial charge in [0.25, 0.3) is 0 Å². The van der Waals surface area contributed by atoms with E-state index < -0.39 is 16.2 Å². The van der Waals surface area contributed by atoms with Crippen LogP contribution < -0.4 is 9.80 Å². The van der Waals surface area contributed by atoms with Crippen LogP contribution in [0.15, 0.2) is 53.5 Å². The van der Waals surface area contributed by atoms with Gasteiger partial charge in [0.1, 0.15) is 0 Å². The van der Waals surface area contributed by atoms with Gasteiger partial charge in [0.15, 0.2) is 0 Å². The number of piperidine rings is 3. The standard InChI is InChI=1S/C31H35N7Se/c1-4-35-15-13-31(14-16-35)29(17-32)19-36(25-9-5-23(2)6-10-25)20-30(31,18-33)28(39)38-22-37(21-34-27(29)38)26-11-7-24(3)8-12-26/h5-12H,4,13-16,19-22H2,1-3H3. The van der Waals surface area contributed by atoms with Crippen molar-refractivity contribution in [3.8, 4) is 12.1 Å². The fourth-order valence-corrected chi connectivity index (χ4v) is 8.42. The van der Waals surface area contributed by atoms with Crippen LogP contribution in [0, 0.1) is 52.8 Å². The molecule has 2 unspecified atom stereocenters. The number of rotatable bonds is 3. The molecule has 4 heterocycles. The number of aryl methyl sites for hydroxylation is 2. The Morgan fingerprint density at radius 1 is 0.846 bits per heavy atom. The van der Waals surface area contributed by atoms with E-state index in [0.29, 0.717) is 26.4 Å². The van der Waals surface area contributed by atoms with Crippen LogP contribution in [0.4, 0.5) is 11.4 Å². The molecule has 39 heavy (non-hydrogen) atoms. The number of aliphatic imine (C=N–C) groups is 1. The number of likely N-dealkylation sites (tertiary alicyclic amines) is 1. The van der Waals surface area contributed by atoms with Crippen molar-refractivity contribution in [3.05, 3.63) is 59.7 Å². The van der Waals surface area contributed by atoms with E-state index in [1.807, 2.05) is 0 Å². The van der Waals surface area contributed by atoms with Crippen LogP contribution in [0.1, 0.15) is 30.9 Å². The van der Waals surface area contributed by atoms with Crippen LogP contribution in [-0.2, 0) is 0 Å². The average molecular weight is 585 g/mol. The van der Waals surface area contributed by atoms with Gasteiger partial charge in [-0.05, 0) is 0 Å². The summed E-state index contributed by atoms with van der Waals surface area (Å²) in [6, 6.07) is 22.7. The zero-order valence-electron chi connectivity index (χ0n) is 23.0. The number of nitriles is 2. The summed E-state index contributed by atoms with van der Waals surface area (Å²) in [6.45, 7) is 11.3. The van der Waals surface area contributed by atoms with Gasteiger partial charge >= 0.3 is 240 Å². The van der Waals surface area contributed by atoms with Crippen molar-refractivity contribution in [2.45, 2.75) is 33.6 Å². The first-order valence-corrected chi connectivity index (χ1v) is 14.7. The summed E-state index contributed by atoms with van der Waals surface area (Å²) in [5.41, 5.74) is 2.28. The molecule has 4 aliphatic heterocycles. The fourth-order valence-electron chi connectivity index (χ4n) is 7.47. The Labute approximate surface area is 239 Å². The normalized spacial score (nSPS) is 28.0. The maximum absolute atomic E-state index is 11.3. The first kappa shape index (κ1) is 26.1. The number of anilines is 2. The number of hydrogen-bond donors (Lipinski definition) is 0. The number of amidine groups is 1. The molecule has 4 aliphatic rings. The number of hydrogen-bond acceptors (Lipinski definition) is 7. The van der Waals surface area contributed by atoms with E-state index in [9.17, 15) is 10.5 Å². The predicted octanol–water partition coefficient (Wildman–Crippen LogP) is 3.69. The van der Waals surface area contributed by atoms with E-state index in [1.165, 1.54) is 11.1 Å². The van der Waals surface area contributed by atoms with Gasteiger partial charge in [-0.25, -0.2) is 0 Å². The molecular weight excluding hydrogens is 549 g/mol. The Hall–Kier alpha value is -3.16. The van der Waals surface area contributed by atoms with E-state index in [-0.39, 0.29) is 0 Å². The fraction of sp³-hybridized carbons (Fsp3) is 0.484. The Kier molecular flexibility index (Phi) is 6.35. The molecule has 0 aromatic heterocycles. The van der Waals surface area contributed by atoms with Crippen LogP contribution >= 0.6 is 0 Å². The maximum atomic E-state index is 11.3. The number of fused-ring (bicyclic) bond motifs is 2. The Balaban J connectivity index is 1.51. The first-order chi connectivity index (χ1) is 18.8. The summed E-state index contributed by atoms with van der Waals surface area (Å²) in [6.07, 6.45) is 1.62. The predicted molar refractivity (Wildman–Crippen MR) is 157 cm³/mol. The van der Waals surface area contributed by atoms with Crippen LogP contribution in [-0.4, -0.2) is 81.8 Å². The molecule has 200 valence electrons. The quantitative estimate of drug-likeness (QED) is 0.513. The molecule has 7 nitrogen and oxygen atoms in total. The Bertz CT molecular complexity index is 1390. The van der Waals surface area contributed by atoms with Gasteiger partial charge < -0.3 is 0 Å². The third-order valence-corrected chi connectivity index (χ3v) is 11.0. The second-order valence-corrected chi connectivity index (χ2v) is 12.4. The van der Waals surface area contributed by atoms with Gasteiger partial charge in [0.2, 0.25) is 0 Å². The summed E-state index contributed by atoms with van der Waals surface area (Å²) in [4.78, 5) is 14.3. The van der Waals surface area contributed by atoms with Gasteiger partial charge in [-0.1, -0.05) is 0 Å². The van der Waals surface area contributed by atoms with Gasteiger partial charge in [0, 0.05) is 0 Å². The molecule has 0 amide bonds. The number of benzene rings is 2. The van der Waals surface area contributed by atoms with E-state index >= 15 is 0 Å². The van der Waals surface area contributed by atoms with Crippen molar-refractivity contribution in [2.75, 3.05) is 55.9 Å². The minimum atomic E-state index is -0.904. The van der Waals surface area contributed by atoms with Crippen LogP contribution in [0.25, 0.3) is 0 Å². The van der Waals surface area contributed by atoms with Crippen molar-refractivity contribution in [2.24, 2.45) is 21.2 Å². The Morgan fingerprint density at radius 3 is 1.92 bits per heavy atom. The van der Waals surface area contributed by atoms with E-state index in [2.05, 4.69) is 117 Å². The van der Waals surface area contributed by atoms with Crippen LogP contribution in [0.5, 0.6) is 0 Å². The average Bonchev–Trinajstić information content (AvgIpc) is 2.97. The van der Waals surface area contributed by atoms with Crippen molar-refractivity contribution in [1.82, 2.24) is 9.80 Å². The molecule has 0 saturated carbocycles. The van der Waals surface area contributed by atoms with E-state index in [4.69, 9.17) is 4.99 Å². The Morgan fingerprint density at radius 2 is 1.38 bits per heavy atom. The molecule has 0 N–H and O–H groups in total. The second-order valence-electron chi connectivity index (χ2n) is 11.6. The third kappa shape index (κ3) is 3.62. The molecule has 2 atom stereocenters. The van der Waals surface area contributed by atoms with Gasteiger partial charge in [-0.15, -0.1) is 0 Å². The van der Waals surface area contributed by atoms with Crippen LogP contribution in [0.2, 0.25) is 0 Å². The molecule has 3 saturated heterocycles. The molecule has 6 rings (SSSR count). The zero-order valence-corrected chi connectivity index (χ0v) is 24.7. The molecule has 8 heteroatoms. The minimum absolute atomic E-state index is 0.493. The molecular formula is C31H35N7Se. The number of nitrogens with zero attached hydrogens (tertiary/aromatic N) is 7. The monoisotopic (exact) mass is 585 g/mol. The first-order valence-electron chi connectivity index (χ1n) is 13.9. The van der Waals surface area contributed by atoms with Crippen molar-refractivity contribution in [3.63, 3.8) is 0 Å². The van der Waals surface area contributed by atoms with Crippen molar-refractivity contribution in [1.29, 1.82) is 10.5 Å². The summed E-state index contributed by atoms with van der Waals surface area (Å²) in [5, 5.41) is 22.5. The van der Waals surface area contributed by atoms with E-state index in [1.54, 1.807) is 0 Å². The van der Waals surface area contributed by atoms with Gasteiger partial charge in [-0.2, -0.15) is 0 Å². The molecule has 2 aromatic carbocycles. The zero-order chi connectivity index (χ0) is 27.4. The van der Waals surface area contributed by atoms with Crippen molar-refractivity contribution < 1.29 is 0 Å². The molecule has 0 radical (unpaired) electrons. The van der Waals surface area contributed by atoms with Gasteiger partial charge in [0.05, 0.1) is 0 Å². The summed E-state index contributed by atoms with van der Waals surface area (Å²) in [7, 11) is 0. The molecule has 1 spiro atoms. The molecule has 2 bridgehead atoms. The second kappa shape index (κ2) is 9.49. The van der Waals surface area contributed by atoms with Gasteiger partial charge in [-0.3, -0.25) is 0 Å². The molecule has 2 aromatic rings. The molecule has 3 fully saturated rings. The third-order valence-electron chi connectivity index (χ3n) is 9.78. The topological polar surface area (TPSA) is 72.9 Å². The van der Waals surface area contributed by atoms with Crippen molar-refractivity contribution >= 4 is 37.3 Å². The molecule has 0 aliphatic carbocycles. The summed E-state index contributed by atoms with van der Waals surface area (Å²) in [5.74, 6) is 0.828. The summed E-state index contributed by atoms with van der Waals surface area (Å²) >= 11 is 3.39. The van der Waals surface area contributed by atoms with Crippen LogP contribution in [0.3, 0.4) is 0 Å². The van der Waals surface area contributed by atoms with E-state index in [0.717, 1.165) is 54.2 Å². The SMILES string of the molecule is CCN1CCC2(CC1)C1(C#N)CN(c3ccc(C)cc3)CC2(C#N)C2=NCN(c3ccc(C)cc3)CN2C1=[Se].